The highest BCUT2D eigenvalue weighted by Crippen LogP contribution is 2.31. The van der Waals surface area contributed by atoms with Gasteiger partial charge in [-0.2, -0.15) is 26.3 Å². The van der Waals surface area contributed by atoms with Crippen molar-refractivity contribution in [2.24, 2.45) is 0 Å². The topological polar surface area (TPSA) is 83.1 Å². The standard InChI is InChI=1S/C19H19F6NO6S/c1-29-14-5-12(6-15(7-14)30-2)9-26-33(27,28)17-8-13(31-10-18(20,21)22)3-4-16(17)32-11-19(23,24)25/h3-8,26H,9-11H2,1-2H3. The zero-order valence-corrected chi connectivity index (χ0v) is 18.0. The molecule has 0 fully saturated rings. The second kappa shape index (κ2) is 10.4. The smallest absolute Gasteiger partial charge is 0.422 e. The number of nitrogens with one attached hydrogen (secondary N) is 1. The van der Waals surface area contributed by atoms with Gasteiger partial charge in [-0.25, -0.2) is 13.1 Å². The van der Waals surface area contributed by atoms with Gasteiger partial charge in [-0.05, 0) is 29.8 Å². The van der Waals surface area contributed by atoms with E-state index >= 15 is 0 Å². The number of hydrogen-bond acceptors (Lipinski definition) is 6. The van der Waals surface area contributed by atoms with Gasteiger partial charge in [0, 0.05) is 18.7 Å². The number of halogens is 6. The van der Waals surface area contributed by atoms with Crippen molar-refractivity contribution in [2.45, 2.75) is 23.8 Å². The Morgan fingerprint density at radius 3 is 1.85 bits per heavy atom. The first-order chi connectivity index (χ1) is 15.2. The normalized spacial score (nSPS) is 12.4. The summed E-state index contributed by atoms with van der Waals surface area (Å²) in [6, 6.07) is 6.78. The third-order valence-electron chi connectivity index (χ3n) is 3.88. The maximum atomic E-state index is 12.8. The summed E-state index contributed by atoms with van der Waals surface area (Å²) in [4.78, 5) is -0.832. The molecule has 0 saturated carbocycles. The molecule has 0 radical (unpaired) electrons. The molecular weight excluding hydrogens is 484 g/mol. The largest absolute Gasteiger partial charge is 0.497 e. The predicted octanol–water partition coefficient (Wildman–Crippen LogP) is 4.06. The molecule has 14 heteroatoms. The Kier molecular flexibility index (Phi) is 8.30. The van der Waals surface area contributed by atoms with E-state index in [4.69, 9.17) is 9.47 Å². The Labute approximate surface area is 185 Å². The van der Waals surface area contributed by atoms with Crippen molar-refractivity contribution in [3.05, 3.63) is 42.0 Å². The molecule has 2 rings (SSSR count). The van der Waals surface area contributed by atoms with Gasteiger partial charge >= 0.3 is 12.4 Å². The fraction of sp³-hybridized carbons (Fsp3) is 0.368. The van der Waals surface area contributed by atoms with E-state index in [9.17, 15) is 34.8 Å². The van der Waals surface area contributed by atoms with Crippen LogP contribution < -0.4 is 23.7 Å². The number of hydrogen-bond donors (Lipinski definition) is 1. The zero-order chi connectivity index (χ0) is 24.9. The van der Waals surface area contributed by atoms with Crippen molar-refractivity contribution < 1.29 is 53.7 Å². The van der Waals surface area contributed by atoms with E-state index in [1.165, 1.54) is 32.4 Å². The summed E-state index contributed by atoms with van der Waals surface area (Å²) in [5.41, 5.74) is 0.372. The van der Waals surface area contributed by atoms with Crippen LogP contribution in [-0.2, 0) is 16.6 Å². The molecule has 0 aliphatic heterocycles. The highest BCUT2D eigenvalue weighted by atomic mass is 32.2. The molecule has 0 amide bonds. The Hall–Kier alpha value is -2.87. The van der Waals surface area contributed by atoms with Gasteiger partial charge in [0.05, 0.1) is 14.2 Å². The minimum atomic E-state index is -4.78. The predicted molar refractivity (Wildman–Crippen MR) is 103 cm³/mol. The summed E-state index contributed by atoms with van der Waals surface area (Å²) in [7, 11) is -1.81. The molecule has 2 aromatic rings. The Morgan fingerprint density at radius 1 is 0.788 bits per heavy atom. The lowest BCUT2D eigenvalue weighted by Gasteiger charge is -2.16. The minimum Gasteiger partial charge on any atom is -0.497 e. The second-order valence-corrected chi connectivity index (χ2v) is 8.20. The van der Waals surface area contributed by atoms with E-state index in [2.05, 4.69) is 14.2 Å². The van der Waals surface area contributed by atoms with Crippen LogP contribution in [0.3, 0.4) is 0 Å². The lowest BCUT2D eigenvalue weighted by atomic mass is 10.2. The number of ether oxygens (including phenoxy) is 4. The molecule has 0 aromatic heterocycles. The average molecular weight is 503 g/mol. The van der Waals surface area contributed by atoms with Crippen LogP contribution in [0.1, 0.15) is 5.56 Å². The quantitative estimate of drug-likeness (QED) is 0.493. The summed E-state index contributed by atoms with van der Waals surface area (Å²) in [6.07, 6.45) is -9.49. The molecule has 0 aliphatic carbocycles. The van der Waals surface area contributed by atoms with E-state index in [0.717, 1.165) is 12.1 Å². The third kappa shape index (κ3) is 8.53. The van der Waals surface area contributed by atoms with Crippen LogP contribution in [0.4, 0.5) is 26.3 Å². The van der Waals surface area contributed by atoms with Crippen LogP contribution in [0.25, 0.3) is 0 Å². The van der Waals surface area contributed by atoms with E-state index in [-0.39, 0.29) is 6.54 Å². The van der Waals surface area contributed by atoms with Crippen molar-refractivity contribution in [1.82, 2.24) is 4.72 Å². The average Bonchev–Trinajstić information content (AvgIpc) is 2.73. The summed E-state index contributed by atoms with van der Waals surface area (Å²) in [6.45, 7) is -3.89. The molecule has 33 heavy (non-hydrogen) atoms. The monoisotopic (exact) mass is 503 g/mol. The SMILES string of the molecule is COc1cc(CNS(=O)(=O)c2cc(OCC(F)(F)F)ccc2OCC(F)(F)F)cc(OC)c1. The maximum absolute atomic E-state index is 12.8. The first kappa shape index (κ1) is 26.4. The minimum absolute atomic E-state index is 0.345. The van der Waals surface area contributed by atoms with E-state index in [1.807, 2.05) is 0 Å². The highest BCUT2D eigenvalue weighted by Gasteiger charge is 2.31. The van der Waals surface area contributed by atoms with Crippen molar-refractivity contribution in [3.8, 4) is 23.0 Å². The van der Waals surface area contributed by atoms with Crippen molar-refractivity contribution >= 4 is 10.0 Å². The molecular formula is C19H19F6NO6S. The number of sulfonamides is 1. The van der Waals surface area contributed by atoms with E-state index in [1.54, 1.807) is 0 Å². The maximum Gasteiger partial charge on any atom is 0.422 e. The lowest BCUT2D eigenvalue weighted by Crippen LogP contribution is -2.26. The van der Waals surface area contributed by atoms with E-state index in [0.29, 0.717) is 23.1 Å². The van der Waals surface area contributed by atoms with Crippen molar-refractivity contribution in [3.63, 3.8) is 0 Å². The molecule has 0 atom stereocenters. The third-order valence-corrected chi connectivity index (χ3v) is 5.30. The Bertz CT molecular complexity index is 1030. The summed E-state index contributed by atoms with van der Waals surface area (Å²) >= 11 is 0. The van der Waals surface area contributed by atoms with Crippen molar-refractivity contribution in [2.75, 3.05) is 27.4 Å². The van der Waals surface area contributed by atoms with Gasteiger partial charge < -0.3 is 18.9 Å². The zero-order valence-electron chi connectivity index (χ0n) is 17.2. The molecule has 1 N–H and O–H groups in total. The van der Waals surface area contributed by atoms with Crippen LogP contribution in [0.2, 0.25) is 0 Å². The van der Waals surface area contributed by atoms with Crippen LogP contribution in [0.15, 0.2) is 41.3 Å². The van der Waals surface area contributed by atoms with Crippen LogP contribution in [0.5, 0.6) is 23.0 Å². The van der Waals surface area contributed by atoms with Crippen LogP contribution in [-0.4, -0.2) is 48.2 Å². The number of alkyl halides is 6. The highest BCUT2D eigenvalue weighted by molar-refractivity contribution is 7.89. The van der Waals surface area contributed by atoms with Gasteiger partial charge in [0.15, 0.2) is 13.2 Å². The number of rotatable bonds is 10. The van der Waals surface area contributed by atoms with Crippen molar-refractivity contribution in [1.29, 1.82) is 0 Å². The summed E-state index contributed by atoms with van der Waals surface area (Å²) in [5.74, 6) is -0.557. The molecule has 2 aromatic carbocycles. The van der Waals surface area contributed by atoms with Gasteiger partial charge in [0.25, 0.3) is 0 Å². The van der Waals surface area contributed by atoms with Gasteiger partial charge in [0.2, 0.25) is 10.0 Å². The molecule has 184 valence electrons. The molecule has 0 heterocycles. The van der Waals surface area contributed by atoms with E-state index < -0.39 is 52.0 Å². The first-order valence-corrected chi connectivity index (χ1v) is 10.5. The fourth-order valence-electron chi connectivity index (χ4n) is 2.46. The summed E-state index contributed by atoms with van der Waals surface area (Å²) in [5, 5.41) is 0. The number of methoxy groups -OCH3 is 2. The lowest BCUT2D eigenvalue weighted by molar-refractivity contribution is -0.154. The van der Waals surface area contributed by atoms with Gasteiger partial charge in [0.1, 0.15) is 27.9 Å². The molecule has 0 bridgehead atoms. The Balaban J connectivity index is 2.34. The van der Waals surface area contributed by atoms with Crippen LogP contribution in [0, 0.1) is 0 Å². The Morgan fingerprint density at radius 2 is 1.33 bits per heavy atom. The second-order valence-electron chi connectivity index (χ2n) is 6.46. The molecule has 0 saturated heterocycles. The van der Waals surface area contributed by atoms with Gasteiger partial charge in [-0.15, -0.1) is 0 Å². The first-order valence-electron chi connectivity index (χ1n) is 8.97. The van der Waals surface area contributed by atoms with Gasteiger partial charge in [-0.3, -0.25) is 0 Å². The summed E-state index contributed by atoms with van der Waals surface area (Å²) < 4.78 is 122. The van der Waals surface area contributed by atoms with Crippen LogP contribution >= 0.6 is 0 Å². The molecule has 0 unspecified atom stereocenters. The molecule has 7 nitrogen and oxygen atoms in total. The van der Waals surface area contributed by atoms with Gasteiger partial charge in [-0.1, -0.05) is 0 Å². The molecule has 0 aliphatic rings. The fourth-order valence-corrected chi connectivity index (χ4v) is 3.63. The number of benzene rings is 2. The molecule has 0 spiro atoms.